The van der Waals surface area contributed by atoms with Crippen LogP contribution in [-0.4, -0.2) is 25.7 Å². The van der Waals surface area contributed by atoms with Crippen molar-refractivity contribution in [3.63, 3.8) is 0 Å². The quantitative estimate of drug-likeness (QED) is 0.677. The number of nitrogens with one attached hydrogen (secondary N) is 1. The van der Waals surface area contributed by atoms with Gasteiger partial charge < -0.3 is 5.32 Å². The third kappa shape index (κ3) is 4.44. The Balaban J connectivity index is 1.72. The largest absolute Gasteiger partial charge is 0.321 e. The van der Waals surface area contributed by atoms with Gasteiger partial charge in [0.2, 0.25) is 10.0 Å². The van der Waals surface area contributed by atoms with Crippen LogP contribution in [-0.2, 0) is 16.6 Å². The lowest BCUT2D eigenvalue weighted by atomic mass is 10.2. The lowest BCUT2D eigenvalue weighted by Crippen LogP contribution is -2.26. The van der Waals surface area contributed by atoms with Crippen LogP contribution in [0.25, 0.3) is 0 Å². The average Bonchev–Trinajstić information content (AvgIpc) is 3.09. The Morgan fingerprint density at radius 2 is 1.70 bits per heavy atom. The molecule has 0 radical (unpaired) electrons. The first-order valence-electron chi connectivity index (χ1n) is 8.34. The second-order valence-electron chi connectivity index (χ2n) is 6.16. The van der Waals surface area contributed by atoms with E-state index in [1.165, 1.54) is 27.8 Å². The number of rotatable bonds is 6. The van der Waals surface area contributed by atoms with E-state index in [9.17, 15) is 13.2 Å². The summed E-state index contributed by atoms with van der Waals surface area (Å²) in [6.45, 7) is 2.17. The molecule has 1 amide bonds. The third-order valence-corrected chi connectivity index (χ3v) is 6.97. The molecule has 0 atom stereocenters. The van der Waals surface area contributed by atoms with Crippen molar-refractivity contribution in [1.29, 1.82) is 0 Å². The lowest BCUT2D eigenvalue weighted by Gasteiger charge is -2.17. The Labute approximate surface area is 163 Å². The Kier molecular flexibility index (Phi) is 5.74. The molecule has 0 saturated heterocycles. The van der Waals surface area contributed by atoms with E-state index >= 15 is 0 Å². The fraction of sp³-hybridized carbons (Fsp3) is 0.150. The lowest BCUT2D eigenvalue weighted by molar-refractivity contribution is 0.103. The maximum Gasteiger partial charge on any atom is 0.265 e. The van der Waals surface area contributed by atoms with Crippen LogP contribution in [0, 0.1) is 6.92 Å². The molecule has 0 saturated carbocycles. The van der Waals surface area contributed by atoms with E-state index < -0.39 is 10.0 Å². The Bertz CT molecular complexity index is 1030. The van der Waals surface area contributed by atoms with Crippen LogP contribution in [0.4, 0.5) is 5.69 Å². The molecular formula is C20H20N2O3S2. The summed E-state index contributed by atoms with van der Waals surface area (Å²) in [6, 6.07) is 17.5. The van der Waals surface area contributed by atoms with Gasteiger partial charge in [-0.2, -0.15) is 4.31 Å². The molecular weight excluding hydrogens is 380 g/mol. The van der Waals surface area contributed by atoms with E-state index in [4.69, 9.17) is 0 Å². The Morgan fingerprint density at radius 3 is 2.30 bits per heavy atom. The smallest absolute Gasteiger partial charge is 0.265 e. The van der Waals surface area contributed by atoms with Crippen LogP contribution in [0.15, 0.2) is 70.9 Å². The molecule has 3 rings (SSSR count). The summed E-state index contributed by atoms with van der Waals surface area (Å²) < 4.78 is 26.8. The molecule has 1 heterocycles. The van der Waals surface area contributed by atoms with Gasteiger partial charge in [0.25, 0.3) is 5.91 Å². The third-order valence-electron chi connectivity index (χ3n) is 4.14. The van der Waals surface area contributed by atoms with Crippen molar-refractivity contribution in [2.24, 2.45) is 0 Å². The molecule has 1 aromatic heterocycles. The molecule has 0 unspecified atom stereocenters. The van der Waals surface area contributed by atoms with Gasteiger partial charge in [0.05, 0.1) is 9.77 Å². The number of anilines is 1. The van der Waals surface area contributed by atoms with Gasteiger partial charge >= 0.3 is 0 Å². The number of sulfonamides is 1. The molecule has 0 aliphatic rings. The second kappa shape index (κ2) is 8.04. The highest BCUT2D eigenvalue weighted by Crippen LogP contribution is 2.21. The van der Waals surface area contributed by atoms with Crippen molar-refractivity contribution in [3.05, 3.63) is 82.0 Å². The highest BCUT2D eigenvalue weighted by Gasteiger charge is 2.21. The summed E-state index contributed by atoms with van der Waals surface area (Å²) >= 11 is 1.37. The van der Waals surface area contributed by atoms with Crippen molar-refractivity contribution >= 4 is 33.0 Å². The minimum absolute atomic E-state index is 0.186. The van der Waals surface area contributed by atoms with Crippen molar-refractivity contribution in [3.8, 4) is 0 Å². The van der Waals surface area contributed by atoms with Crippen LogP contribution in [0.3, 0.4) is 0 Å². The maximum atomic E-state index is 12.7. The highest BCUT2D eigenvalue weighted by molar-refractivity contribution is 7.89. The Hall–Kier alpha value is -2.48. The van der Waals surface area contributed by atoms with Crippen LogP contribution < -0.4 is 5.32 Å². The summed E-state index contributed by atoms with van der Waals surface area (Å²) in [6.07, 6.45) is 0. The number of amides is 1. The number of benzene rings is 2. The van der Waals surface area contributed by atoms with Crippen LogP contribution in [0.1, 0.15) is 20.8 Å². The molecule has 7 heteroatoms. The first-order valence-corrected chi connectivity index (χ1v) is 10.7. The maximum absolute atomic E-state index is 12.7. The van der Waals surface area contributed by atoms with E-state index in [0.717, 1.165) is 11.1 Å². The summed E-state index contributed by atoms with van der Waals surface area (Å²) in [5, 5.41) is 4.66. The van der Waals surface area contributed by atoms with Gasteiger partial charge in [-0.1, -0.05) is 30.3 Å². The molecule has 5 nitrogen and oxygen atoms in total. The predicted octanol–water partition coefficient (Wildman–Crippen LogP) is 4.13. The zero-order chi connectivity index (χ0) is 19.4. The molecule has 0 aliphatic carbocycles. The van der Waals surface area contributed by atoms with Crippen molar-refractivity contribution in [2.75, 3.05) is 12.4 Å². The van der Waals surface area contributed by atoms with Gasteiger partial charge in [0.15, 0.2) is 0 Å². The van der Waals surface area contributed by atoms with Crippen LogP contribution in [0.5, 0.6) is 0 Å². The van der Waals surface area contributed by atoms with Gasteiger partial charge in [0, 0.05) is 19.3 Å². The van der Waals surface area contributed by atoms with E-state index in [-0.39, 0.29) is 10.8 Å². The summed E-state index contributed by atoms with van der Waals surface area (Å²) in [4.78, 5) is 13.1. The minimum atomic E-state index is -3.61. The highest BCUT2D eigenvalue weighted by atomic mass is 32.2. The average molecular weight is 401 g/mol. The standard InChI is InChI=1S/C20H20N2O3S2/c1-15-12-13-26-19(15)20(23)21-17-8-10-18(11-9-17)27(24,25)22(2)14-16-6-4-3-5-7-16/h3-13H,14H2,1-2H3,(H,21,23). The topological polar surface area (TPSA) is 66.5 Å². The van der Waals surface area contributed by atoms with Gasteiger partial charge in [-0.15, -0.1) is 11.3 Å². The second-order valence-corrected chi connectivity index (χ2v) is 9.12. The number of nitrogens with zero attached hydrogens (tertiary/aromatic N) is 1. The molecule has 3 aromatic rings. The zero-order valence-electron chi connectivity index (χ0n) is 15.0. The summed E-state index contributed by atoms with van der Waals surface area (Å²) in [5.41, 5.74) is 2.38. The number of carbonyl (C=O) groups is 1. The molecule has 2 aromatic carbocycles. The zero-order valence-corrected chi connectivity index (χ0v) is 16.7. The van der Waals surface area contributed by atoms with E-state index in [2.05, 4.69) is 5.32 Å². The summed E-state index contributed by atoms with van der Waals surface area (Å²) in [7, 11) is -2.06. The van der Waals surface area contributed by atoms with Gasteiger partial charge in [-0.05, 0) is 53.8 Å². The van der Waals surface area contributed by atoms with Gasteiger partial charge in [-0.25, -0.2) is 8.42 Å². The van der Waals surface area contributed by atoms with E-state index in [1.54, 1.807) is 19.2 Å². The molecule has 0 spiro atoms. The number of carbonyl (C=O) groups excluding carboxylic acids is 1. The first-order chi connectivity index (χ1) is 12.9. The number of hydrogen-bond acceptors (Lipinski definition) is 4. The monoisotopic (exact) mass is 400 g/mol. The normalized spacial score (nSPS) is 11.5. The van der Waals surface area contributed by atoms with E-state index in [0.29, 0.717) is 17.1 Å². The van der Waals surface area contributed by atoms with Gasteiger partial charge in [-0.3, -0.25) is 4.79 Å². The SMILES string of the molecule is Cc1ccsc1C(=O)Nc1ccc(S(=O)(=O)N(C)Cc2ccccc2)cc1. The number of aryl methyl sites for hydroxylation is 1. The minimum Gasteiger partial charge on any atom is -0.321 e. The molecule has 0 fully saturated rings. The number of hydrogen-bond donors (Lipinski definition) is 1. The molecule has 0 aliphatic heterocycles. The molecule has 1 N–H and O–H groups in total. The van der Waals surface area contributed by atoms with E-state index in [1.807, 2.05) is 48.7 Å². The fourth-order valence-corrected chi connectivity index (χ4v) is 4.59. The molecule has 140 valence electrons. The molecule has 27 heavy (non-hydrogen) atoms. The fourth-order valence-electron chi connectivity index (χ4n) is 2.61. The van der Waals surface area contributed by atoms with Crippen LogP contribution in [0.2, 0.25) is 0 Å². The van der Waals surface area contributed by atoms with Crippen molar-refractivity contribution < 1.29 is 13.2 Å². The predicted molar refractivity (Wildman–Crippen MR) is 109 cm³/mol. The van der Waals surface area contributed by atoms with Gasteiger partial charge in [0.1, 0.15) is 0 Å². The van der Waals surface area contributed by atoms with Crippen LogP contribution >= 0.6 is 11.3 Å². The first kappa shape index (κ1) is 19.3. The Morgan fingerprint density at radius 1 is 1.04 bits per heavy atom. The molecule has 0 bridgehead atoms. The number of thiophene rings is 1. The van der Waals surface area contributed by atoms with Crippen molar-refractivity contribution in [1.82, 2.24) is 4.31 Å². The summed E-state index contributed by atoms with van der Waals surface area (Å²) in [5.74, 6) is -0.195. The van der Waals surface area contributed by atoms with Crippen molar-refractivity contribution in [2.45, 2.75) is 18.4 Å².